The average Bonchev–Trinajstić information content (AvgIpc) is 2.57. The minimum atomic E-state index is -0.454. The number of hydrogen-bond donors (Lipinski definition) is 0. The van der Waals surface area contributed by atoms with E-state index in [0.29, 0.717) is 30.5 Å². The first-order valence-corrected chi connectivity index (χ1v) is 8.70. The molecular formula is C21H23NO4. The van der Waals surface area contributed by atoms with E-state index in [2.05, 4.69) is 0 Å². The van der Waals surface area contributed by atoms with Crippen LogP contribution in [-0.2, 0) is 28.9 Å². The minimum Gasteiger partial charge on any atom is -0.469 e. The monoisotopic (exact) mass is 353 g/mol. The maximum absolute atomic E-state index is 12.8. The number of hydrogen-bond acceptors (Lipinski definition) is 4. The van der Waals surface area contributed by atoms with Crippen LogP contribution in [0.25, 0.3) is 0 Å². The molecule has 0 aliphatic heterocycles. The summed E-state index contributed by atoms with van der Waals surface area (Å²) in [6.45, 7) is 4.46. The fraction of sp³-hybridized carbons (Fsp3) is 0.381. The smallest absolute Gasteiger partial charge is 0.310 e. The van der Waals surface area contributed by atoms with Gasteiger partial charge in [0.2, 0.25) is 0 Å². The Bertz CT molecular complexity index is 910. The lowest BCUT2D eigenvalue weighted by Crippen LogP contribution is -2.36. The van der Waals surface area contributed by atoms with Gasteiger partial charge in [-0.2, -0.15) is 0 Å². The second kappa shape index (κ2) is 6.90. The van der Waals surface area contributed by atoms with Gasteiger partial charge in [-0.05, 0) is 23.0 Å². The molecule has 0 N–H and O–H groups in total. The highest BCUT2D eigenvalue weighted by Gasteiger charge is 2.35. The lowest BCUT2D eigenvalue weighted by Gasteiger charge is -2.33. The van der Waals surface area contributed by atoms with Crippen LogP contribution in [0.5, 0.6) is 0 Å². The molecule has 3 rings (SSSR count). The van der Waals surface area contributed by atoms with Gasteiger partial charge < -0.3 is 9.30 Å². The predicted molar refractivity (Wildman–Crippen MR) is 98.4 cm³/mol. The number of aromatic nitrogens is 1. The maximum atomic E-state index is 12.8. The topological polar surface area (TPSA) is 65.4 Å². The SMILES string of the molecule is COC(=O)Cc1cc(=O)n(Cc2ccccc2)c2c1C(=O)CC(C)(C)C2. The average molecular weight is 353 g/mol. The molecule has 5 nitrogen and oxygen atoms in total. The van der Waals surface area contributed by atoms with Crippen molar-refractivity contribution in [3.8, 4) is 0 Å². The van der Waals surface area contributed by atoms with Crippen LogP contribution in [0, 0.1) is 5.41 Å². The summed E-state index contributed by atoms with van der Waals surface area (Å²) < 4.78 is 6.40. The summed E-state index contributed by atoms with van der Waals surface area (Å²) in [5, 5.41) is 0. The molecule has 136 valence electrons. The molecule has 1 heterocycles. The van der Waals surface area contributed by atoms with Gasteiger partial charge in [0.15, 0.2) is 5.78 Å². The second-order valence-corrected chi connectivity index (χ2v) is 7.60. The van der Waals surface area contributed by atoms with Crippen molar-refractivity contribution in [3.63, 3.8) is 0 Å². The Labute approximate surface area is 152 Å². The molecule has 0 atom stereocenters. The highest BCUT2D eigenvalue weighted by Crippen LogP contribution is 2.35. The van der Waals surface area contributed by atoms with E-state index < -0.39 is 5.97 Å². The van der Waals surface area contributed by atoms with Crippen molar-refractivity contribution < 1.29 is 14.3 Å². The Morgan fingerprint density at radius 3 is 2.50 bits per heavy atom. The van der Waals surface area contributed by atoms with Crippen molar-refractivity contribution >= 4 is 11.8 Å². The van der Waals surface area contributed by atoms with Crippen molar-refractivity contribution in [2.75, 3.05) is 7.11 Å². The summed E-state index contributed by atoms with van der Waals surface area (Å²) in [7, 11) is 1.30. The molecule has 1 aromatic heterocycles. The number of carbonyl (C=O) groups excluding carboxylic acids is 2. The third-order valence-electron chi connectivity index (χ3n) is 4.81. The number of pyridine rings is 1. The zero-order valence-corrected chi connectivity index (χ0v) is 15.4. The molecular weight excluding hydrogens is 330 g/mol. The summed E-state index contributed by atoms with van der Waals surface area (Å²) in [6, 6.07) is 11.1. The van der Waals surface area contributed by atoms with Crippen LogP contribution in [0.2, 0.25) is 0 Å². The Morgan fingerprint density at radius 1 is 1.15 bits per heavy atom. The lowest BCUT2D eigenvalue weighted by molar-refractivity contribution is -0.139. The fourth-order valence-electron chi connectivity index (χ4n) is 3.62. The van der Waals surface area contributed by atoms with Crippen LogP contribution in [0.3, 0.4) is 0 Å². The third-order valence-corrected chi connectivity index (χ3v) is 4.81. The van der Waals surface area contributed by atoms with Crippen molar-refractivity contribution in [3.05, 3.63) is 69.1 Å². The molecule has 0 fully saturated rings. The molecule has 2 aromatic rings. The number of methoxy groups -OCH3 is 1. The molecule has 0 amide bonds. The van der Waals surface area contributed by atoms with E-state index in [-0.39, 0.29) is 23.2 Å². The first-order valence-electron chi connectivity index (χ1n) is 8.70. The van der Waals surface area contributed by atoms with Gasteiger partial charge in [-0.15, -0.1) is 0 Å². The van der Waals surface area contributed by atoms with E-state index in [1.807, 2.05) is 44.2 Å². The maximum Gasteiger partial charge on any atom is 0.310 e. The molecule has 0 bridgehead atoms. The Kier molecular flexibility index (Phi) is 4.81. The van der Waals surface area contributed by atoms with Crippen molar-refractivity contribution in [2.24, 2.45) is 5.41 Å². The zero-order valence-electron chi connectivity index (χ0n) is 15.4. The summed E-state index contributed by atoms with van der Waals surface area (Å²) >= 11 is 0. The molecule has 0 spiro atoms. The van der Waals surface area contributed by atoms with Gasteiger partial charge in [-0.1, -0.05) is 44.2 Å². The number of Topliss-reactive ketones (excluding diaryl/α,β-unsaturated/α-hetero) is 1. The first-order chi connectivity index (χ1) is 12.3. The molecule has 0 saturated carbocycles. The van der Waals surface area contributed by atoms with Gasteiger partial charge in [0.05, 0.1) is 20.1 Å². The summed E-state index contributed by atoms with van der Waals surface area (Å²) in [5.74, 6) is -0.470. The highest BCUT2D eigenvalue weighted by atomic mass is 16.5. The number of rotatable bonds is 4. The Hall–Kier alpha value is -2.69. The Balaban J connectivity index is 2.17. The van der Waals surface area contributed by atoms with Crippen LogP contribution >= 0.6 is 0 Å². The number of esters is 1. The van der Waals surface area contributed by atoms with Crippen molar-refractivity contribution in [2.45, 2.75) is 39.7 Å². The molecule has 5 heteroatoms. The molecule has 1 aliphatic carbocycles. The van der Waals surface area contributed by atoms with E-state index in [1.165, 1.54) is 13.2 Å². The van der Waals surface area contributed by atoms with Crippen molar-refractivity contribution in [1.82, 2.24) is 4.57 Å². The summed E-state index contributed by atoms with van der Waals surface area (Å²) in [6.07, 6.45) is 0.954. The lowest BCUT2D eigenvalue weighted by atomic mass is 9.74. The normalized spacial score (nSPS) is 15.4. The van der Waals surface area contributed by atoms with Gasteiger partial charge >= 0.3 is 5.97 Å². The number of carbonyl (C=O) groups is 2. The van der Waals surface area contributed by atoms with Crippen LogP contribution in [-0.4, -0.2) is 23.4 Å². The highest BCUT2D eigenvalue weighted by molar-refractivity contribution is 6.00. The number of fused-ring (bicyclic) bond motifs is 1. The molecule has 1 aromatic carbocycles. The van der Waals surface area contributed by atoms with E-state index >= 15 is 0 Å². The quantitative estimate of drug-likeness (QED) is 0.793. The van der Waals surface area contributed by atoms with E-state index in [1.54, 1.807) is 4.57 Å². The molecule has 26 heavy (non-hydrogen) atoms. The predicted octanol–water partition coefficient (Wildman–Crippen LogP) is 2.77. The molecule has 0 unspecified atom stereocenters. The first kappa shape index (κ1) is 18.1. The van der Waals surface area contributed by atoms with Crippen LogP contribution < -0.4 is 5.56 Å². The van der Waals surface area contributed by atoms with Gasteiger partial charge in [0.25, 0.3) is 5.56 Å². The van der Waals surface area contributed by atoms with Gasteiger partial charge in [0, 0.05) is 23.7 Å². The third kappa shape index (κ3) is 3.62. The van der Waals surface area contributed by atoms with E-state index in [4.69, 9.17) is 4.74 Å². The van der Waals surface area contributed by atoms with Crippen LogP contribution in [0.15, 0.2) is 41.2 Å². The number of benzene rings is 1. The Morgan fingerprint density at radius 2 is 1.85 bits per heavy atom. The molecule has 1 aliphatic rings. The van der Waals surface area contributed by atoms with Crippen LogP contribution in [0.1, 0.15) is 47.4 Å². The van der Waals surface area contributed by atoms with E-state index in [9.17, 15) is 14.4 Å². The molecule has 0 saturated heterocycles. The largest absolute Gasteiger partial charge is 0.469 e. The van der Waals surface area contributed by atoms with Gasteiger partial charge in [-0.3, -0.25) is 14.4 Å². The number of ether oxygens (including phenoxy) is 1. The second-order valence-electron chi connectivity index (χ2n) is 7.60. The van der Waals surface area contributed by atoms with Gasteiger partial charge in [-0.25, -0.2) is 0 Å². The van der Waals surface area contributed by atoms with Crippen molar-refractivity contribution in [1.29, 1.82) is 0 Å². The summed E-state index contributed by atoms with van der Waals surface area (Å²) in [5.41, 5.74) is 2.29. The molecule has 0 radical (unpaired) electrons. The van der Waals surface area contributed by atoms with E-state index in [0.717, 1.165) is 11.3 Å². The summed E-state index contributed by atoms with van der Waals surface area (Å²) in [4.78, 5) is 37.4. The standard InChI is InChI=1S/C21H23NO4/c1-21(2)11-16-20(17(23)12-21)15(10-19(25)26-3)9-18(24)22(16)13-14-7-5-4-6-8-14/h4-9H,10-13H2,1-3H3. The minimum absolute atomic E-state index is 0.0167. The fourth-order valence-corrected chi connectivity index (χ4v) is 3.62. The zero-order chi connectivity index (χ0) is 18.9. The van der Waals surface area contributed by atoms with Crippen LogP contribution in [0.4, 0.5) is 0 Å². The number of nitrogens with zero attached hydrogens (tertiary/aromatic N) is 1. The number of ketones is 1. The van der Waals surface area contributed by atoms with Gasteiger partial charge in [0.1, 0.15) is 0 Å².